The van der Waals surface area contributed by atoms with E-state index in [1.54, 1.807) is 19.1 Å². The number of unbranched alkanes of at least 4 members (excludes halogenated alkanes) is 1. The Morgan fingerprint density at radius 3 is 2.53 bits per heavy atom. The van der Waals surface area contributed by atoms with Crippen LogP contribution in [0.1, 0.15) is 42.1 Å². The highest BCUT2D eigenvalue weighted by molar-refractivity contribution is 6.00. The molecule has 0 saturated carbocycles. The van der Waals surface area contributed by atoms with Crippen molar-refractivity contribution in [3.63, 3.8) is 0 Å². The number of benzene rings is 2. The summed E-state index contributed by atoms with van der Waals surface area (Å²) in [7, 11) is 0. The highest BCUT2D eigenvalue weighted by Crippen LogP contribution is 2.30. The number of hydrogen-bond acceptors (Lipinski definition) is 8. The normalized spacial score (nSPS) is 14.9. The number of nitrogens with zero attached hydrogens (tertiary/aromatic N) is 2. The van der Waals surface area contributed by atoms with Crippen molar-refractivity contribution in [2.75, 3.05) is 30.0 Å². The SMILES string of the molecule is CCCCOC(=O)c1ccc(NC(=O)COC(=O)[C@@H]2CC(=O)N(c3ccc(C)c([N+](=O)[O-])c3)C2)cc1. The van der Waals surface area contributed by atoms with E-state index in [1.807, 2.05) is 6.92 Å². The zero-order valence-corrected chi connectivity index (χ0v) is 20.0. The molecule has 0 radical (unpaired) electrons. The van der Waals surface area contributed by atoms with Gasteiger partial charge < -0.3 is 19.7 Å². The Hall–Kier alpha value is -4.28. The Bertz CT molecular complexity index is 1160. The van der Waals surface area contributed by atoms with Gasteiger partial charge in [0.15, 0.2) is 6.61 Å². The van der Waals surface area contributed by atoms with E-state index < -0.39 is 35.3 Å². The molecule has 11 heteroatoms. The minimum absolute atomic E-state index is 0.00464. The number of anilines is 2. The number of aryl methyl sites for hydroxylation is 1. The number of hydrogen-bond donors (Lipinski definition) is 1. The molecular formula is C25H27N3O8. The van der Waals surface area contributed by atoms with Crippen molar-refractivity contribution in [3.8, 4) is 0 Å². The van der Waals surface area contributed by atoms with Crippen molar-refractivity contribution >= 4 is 40.8 Å². The summed E-state index contributed by atoms with van der Waals surface area (Å²) in [5.41, 5.74) is 1.42. The molecule has 3 rings (SSSR count). The van der Waals surface area contributed by atoms with Gasteiger partial charge in [0.05, 0.1) is 28.7 Å². The molecule has 1 aliphatic rings. The lowest BCUT2D eigenvalue weighted by Crippen LogP contribution is -2.28. The first-order valence-electron chi connectivity index (χ1n) is 11.5. The molecule has 11 nitrogen and oxygen atoms in total. The summed E-state index contributed by atoms with van der Waals surface area (Å²) in [6, 6.07) is 10.5. The Balaban J connectivity index is 1.49. The van der Waals surface area contributed by atoms with E-state index in [1.165, 1.54) is 35.2 Å². The molecule has 1 N–H and O–H groups in total. The van der Waals surface area contributed by atoms with Gasteiger partial charge in [0.2, 0.25) is 5.91 Å². The zero-order valence-electron chi connectivity index (χ0n) is 20.0. The first-order valence-corrected chi connectivity index (χ1v) is 11.5. The van der Waals surface area contributed by atoms with Crippen LogP contribution in [0.4, 0.5) is 17.1 Å². The monoisotopic (exact) mass is 497 g/mol. The summed E-state index contributed by atoms with van der Waals surface area (Å²) in [6.07, 6.45) is 1.56. The molecule has 0 unspecified atom stereocenters. The lowest BCUT2D eigenvalue weighted by molar-refractivity contribution is -0.385. The number of esters is 2. The fourth-order valence-electron chi connectivity index (χ4n) is 3.61. The van der Waals surface area contributed by atoms with Gasteiger partial charge in [-0.1, -0.05) is 19.4 Å². The molecule has 36 heavy (non-hydrogen) atoms. The van der Waals surface area contributed by atoms with E-state index in [0.29, 0.717) is 29.1 Å². The fourth-order valence-corrected chi connectivity index (χ4v) is 3.61. The molecule has 1 heterocycles. The quantitative estimate of drug-likeness (QED) is 0.228. The van der Waals surface area contributed by atoms with Gasteiger partial charge in [-0.05, 0) is 43.7 Å². The van der Waals surface area contributed by atoms with Crippen LogP contribution in [0.5, 0.6) is 0 Å². The van der Waals surface area contributed by atoms with Crippen LogP contribution >= 0.6 is 0 Å². The molecule has 2 aromatic carbocycles. The summed E-state index contributed by atoms with van der Waals surface area (Å²) in [4.78, 5) is 60.9. The van der Waals surface area contributed by atoms with Crippen molar-refractivity contribution < 1.29 is 33.6 Å². The van der Waals surface area contributed by atoms with Crippen molar-refractivity contribution in [1.82, 2.24) is 0 Å². The number of nitro benzene ring substituents is 1. The average molecular weight is 498 g/mol. The Morgan fingerprint density at radius 2 is 1.86 bits per heavy atom. The number of rotatable bonds is 10. The number of carbonyl (C=O) groups is 4. The van der Waals surface area contributed by atoms with Crippen LogP contribution in [0.3, 0.4) is 0 Å². The van der Waals surface area contributed by atoms with Crippen LogP contribution < -0.4 is 10.2 Å². The Morgan fingerprint density at radius 1 is 1.14 bits per heavy atom. The second-order valence-corrected chi connectivity index (χ2v) is 8.36. The molecule has 0 aromatic heterocycles. The van der Waals surface area contributed by atoms with Gasteiger partial charge in [0.25, 0.3) is 11.6 Å². The Labute approximate surface area is 207 Å². The van der Waals surface area contributed by atoms with Gasteiger partial charge in [0.1, 0.15) is 0 Å². The van der Waals surface area contributed by atoms with E-state index in [4.69, 9.17) is 9.47 Å². The predicted octanol–water partition coefficient (Wildman–Crippen LogP) is 3.39. The van der Waals surface area contributed by atoms with E-state index in [9.17, 15) is 29.3 Å². The predicted molar refractivity (Wildman–Crippen MR) is 130 cm³/mol. The molecule has 1 fully saturated rings. The first kappa shape index (κ1) is 26.3. The third kappa shape index (κ3) is 6.65. The third-order valence-corrected chi connectivity index (χ3v) is 5.64. The molecule has 0 bridgehead atoms. The summed E-state index contributed by atoms with van der Waals surface area (Å²) < 4.78 is 10.2. The van der Waals surface area contributed by atoms with Crippen LogP contribution in [-0.2, 0) is 23.9 Å². The highest BCUT2D eigenvalue weighted by Gasteiger charge is 2.37. The van der Waals surface area contributed by atoms with Gasteiger partial charge in [-0.2, -0.15) is 0 Å². The zero-order chi connectivity index (χ0) is 26.2. The van der Waals surface area contributed by atoms with E-state index >= 15 is 0 Å². The summed E-state index contributed by atoms with van der Waals surface area (Å²) >= 11 is 0. The highest BCUT2D eigenvalue weighted by atomic mass is 16.6. The minimum Gasteiger partial charge on any atom is -0.462 e. The number of ether oxygens (including phenoxy) is 2. The molecule has 1 atom stereocenters. The molecule has 0 spiro atoms. The summed E-state index contributed by atoms with van der Waals surface area (Å²) in [5.74, 6) is -2.92. The second-order valence-electron chi connectivity index (χ2n) is 8.36. The van der Waals surface area contributed by atoms with Gasteiger partial charge >= 0.3 is 11.9 Å². The molecule has 2 amide bonds. The van der Waals surface area contributed by atoms with Gasteiger partial charge in [-0.15, -0.1) is 0 Å². The molecule has 190 valence electrons. The molecule has 2 aromatic rings. The topological polar surface area (TPSA) is 145 Å². The minimum atomic E-state index is -0.802. The number of nitro groups is 1. The molecule has 1 saturated heterocycles. The molecule has 0 aliphatic carbocycles. The van der Waals surface area contributed by atoms with Gasteiger partial charge in [-0.3, -0.25) is 24.5 Å². The third-order valence-electron chi connectivity index (χ3n) is 5.64. The molecular weight excluding hydrogens is 470 g/mol. The van der Waals surface area contributed by atoms with Crippen LogP contribution in [0.15, 0.2) is 42.5 Å². The largest absolute Gasteiger partial charge is 0.462 e. The summed E-state index contributed by atoms with van der Waals surface area (Å²) in [6.45, 7) is 3.37. The standard InChI is InChI=1S/C25H27N3O8/c1-3-4-11-35-24(31)17-6-8-19(9-7-17)26-22(29)15-36-25(32)18-12-23(30)27(14-18)20-10-5-16(2)21(13-20)28(33)34/h5-10,13,18H,3-4,11-12,14-15H2,1-2H3,(H,26,29)/t18-/m1/s1. The van der Waals surface area contributed by atoms with E-state index in [-0.39, 0.29) is 24.6 Å². The van der Waals surface area contributed by atoms with E-state index in [0.717, 1.165) is 12.8 Å². The van der Waals surface area contributed by atoms with Crippen molar-refractivity contribution in [2.45, 2.75) is 33.1 Å². The van der Waals surface area contributed by atoms with Crippen LogP contribution in [0, 0.1) is 23.0 Å². The first-order chi connectivity index (χ1) is 17.2. The van der Waals surface area contributed by atoms with E-state index in [2.05, 4.69) is 5.32 Å². The number of carbonyl (C=O) groups excluding carboxylic acids is 4. The van der Waals surface area contributed by atoms with Gasteiger partial charge in [-0.25, -0.2) is 4.79 Å². The maximum absolute atomic E-state index is 12.4. The number of amides is 2. The van der Waals surface area contributed by atoms with Crippen LogP contribution in [0.2, 0.25) is 0 Å². The fraction of sp³-hybridized carbons (Fsp3) is 0.360. The lowest BCUT2D eigenvalue weighted by atomic mass is 10.1. The molecule has 1 aliphatic heterocycles. The summed E-state index contributed by atoms with van der Waals surface area (Å²) in [5, 5.41) is 13.7. The van der Waals surface area contributed by atoms with Crippen LogP contribution in [0.25, 0.3) is 0 Å². The number of nitrogens with one attached hydrogen (secondary N) is 1. The maximum atomic E-state index is 12.4. The lowest BCUT2D eigenvalue weighted by Gasteiger charge is -2.16. The average Bonchev–Trinajstić information content (AvgIpc) is 3.25. The van der Waals surface area contributed by atoms with Crippen molar-refractivity contribution in [3.05, 3.63) is 63.7 Å². The van der Waals surface area contributed by atoms with Crippen molar-refractivity contribution in [1.29, 1.82) is 0 Å². The van der Waals surface area contributed by atoms with Gasteiger partial charge in [0, 0.05) is 30.3 Å². The second kappa shape index (κ2) is 11.9. The van der Waals surface area contributed by atoms with Crippen molar-refractivity contribution in [2.24, 2.45) is 5.92 Å². The van der Waals surface area contributed by atoms with Crippen LogP contribution in [-0.4, -0.2) is 48.4 Å². The maximum Gasteiger partial charge on any atom is 0.338 e. The smallest absolute Gasteiger partial charge is 0.338 e. The Kier molecular flexibility index (Phi) is 8.71.